The standard InChI is InChI=1S/C14H22N2/c1-11-5-3-6-13(9-11)10-16-14-7-4-8-15-12(14)2/h4,7-8,11,13,16H,3,5-6,9-10H2,1-2H3. The van der Waals surface area contributed by atoms with Crippen molar-refractivity contribution in [3.8, 4) is 0 Å². The number of pyridine rings is 1. The van der Waals surface area contributed by atoms with Crippen molar-refractivity contribution in [3.05, 3.63) is 24.0 Å². The van der Waals surface area contributed by atoms with E-state index in [4.69, 9.17) is 0 Å². The molecule has 0 amide bonds. The van der Waals surface area contributed by atoms with Crippen LogP contribution in [0.3, 0.4) is 0 Å². The molecule has 0 radical (unpaired) electrons. The fourth-order valence-electron chi connectivity index (χ4n) is 2.67. The van der Waals surface area contributed by atoms with Crippen molar-refractivity contribution in [3.63, 3.8) is 0 Å². The zero-order chi connectivity index (χ0) is 11.4. The maximum Gasteiger partial charge on any atom is 0.0603 e. The summed E-state index contributed by atoms with van der Waals surface area (Å²) in [7, 11) is 0. The van der Waals surface area contributed by atoms with Gasteiger partial charge in [-0.15, -0.1) is 0 Å². The Morgan fingerprint density at radius 3 is 3.06 bits per heavy atom. The molecule has 1 aromatic rings. The van der Waals surface area contributed by atoms with Gasteiger partial charge in [0.25, 0.3) is 0 Å². The first-order valence-corrected chi connectivity index (χ1v) is 6.41. The molecule has 2 nitrogen and oxygen atoms in total. The van der Waals surface area contributed by atoms with Gasteiger partial charge in [-0.1, -0.05) is 19.8 Å². The van der Waals surface area contributed by atoms with Gasteiger partial charge in [0.05, 0.1) is 11.4 Å². The molecule has 1 aliphatic rings. The third-order valence-corrected chi connectivity index (χ3v) is 3.63. The summed E-state index contributed by atoms with van der Waals surface area (Å²) < 4.78 is 0. The molecule has 2 unspecified atom stereocenters. The van der Waals surface area contributed by atoms with Crippen LogP contribution >= 0.6 is 0 Å². The van der Waals surface area contributed by atoms with E-state index >= 15 is 0 Å². The summed E-state index contributed by atoms with van der Waals surface area (Å²) in [6.45, 7) is 5.55. The van der Waals surface area contributed by atoms with Gasteiger partial charge in [-0.05, 0) is 43.7 Å². The molecule has 1 heterocycles. The molecule has 0 spiro atoms. The van der Waals surface area contributed by atoms with Gasteiger partial charge in [0, 0.05) is 12.7 Å². The Morgan fingerprint density at radius 2 is 2.31 bits per heavy atom. The fourth-order valence-corrected chi connectivity index (χ4v) is 2.67. The Labute approximate surface area is 98.5 Å². The summed E-state index contributed by atoms with van der Waals surface area (Å²) >= 11 is 0. The number of nitrogens with zero attached hydrogens (tertiary/aromatic N) is 1. The van der Waals surface area contributed by atoms with Crippen LogP contribution in [0.25, 0.3) is 0 Å². The van der Waals surface area contributed by atoms with Crippen LogP contribution in [0, 0.1) is 18.8 Å². The normalized spacial score (nSPS) is 25.4. The van der Waals surface area contributed by atoms with Crippen LogP contribution in [0.1, 0.15) is 38.3 Å². The van der Waals surface area contributed by atoms with Gasteiger partial charge in [-0.3, -0.25) is 4.98 Å². The van der Waals surface area contributed by atoms with Crippen LogP contribution < -0.4 is 5.32 Å². The van der Waals surface area contributed by atoms with E-state index < -0.39 is 0 Å². The molecule has 1 saturated carbocycles. The molecule has 2 heteroatoms. The van der Waals surface area contributed by atoms with E-state index in [0.29, 0.717) is 0 Å². The molecular weight excluding hydrogens is 196 g/mol. The number of hydrogen-bond donors (Lipinski definition) is 1. The first kappa shape index (κ1) is 11.4. The van der Waals surface area contributed by atoms with E-state index in [2.05, 4.69) is 30.2 Å². The SMILES string of the molecule is Cc1ncccc1NCC1CCCC(C)C1. The number of hydrogen-bond acceptors (Lipinski definition) is 2. The van der Waals surface area contributed by atoms with E-state index in [9.17, 15) is 0 Å². The minimum Gasteiger partial charge on any atom is -0.383 e. The van der Waals surface area contributed by atoms with Crippen molar-refractivity contribution in [2.24, 2.45) is 11.8 Å². The van der Waals surface area contributed by atoms with Gasteiger partial charge < -0.3 is 5.32 Å². The van der Waals surface area contributed by atoms with Crippen LogP contribution in [0.2, 0.25) is 0 Å². The third-order valence-electron chi connectivity index (χ3n) is 3.63. The Kier molecular flexibility index (Phi) is 3.81. The number of anilines is 1. The van der Waals surface area contributed by atoms with Crippen LogP contribution in [-0.2, 0) is 0 Å². The Morgan fingerprint density at radius 1 is 1.44 bits per heavy atom. The maximum atomic E-state index is 4.30. The molecule has 0 bridgehead atoms. The molecule has 0 aromatic carbocycles. The molecule has 1 aliphatic carbocycles. The van der Waals surface area contributed by atoms with Gasteiger partial charge in [0.15, 0.2) is 0 Å². The van der Waals surface area contributed by atoms with Crippen molar-refractivity contribution < 1.29 is 0 Å². The predicted octanol–water partition coefficient (Wildman–Crippen LogP) is 3.63. The summed E-state index contributed by atoms with van der Waals surface area (Å²) in [5.41, 5.74) is 2.30. The van der Waals surface area contributed by atoms with Gasteiger partial charge >= 0.3 is 0 Å². The van der Waals surface area contributed by atoms with E-state index in [1.807, 2.05) is 12.3 Å². The van der Waals surface area contributed by atoms with E-state index in [-0.39, 0.29) is 0 Å². The molecule has 1 N–H and O–H groups in total. The smallest absolute Gasteiger partial charge is 0.0603 e. The lowest BCUT2D eigenvalue weighted by atomic mass is 9.82. The second kappa shape index (κ2) is 5.33. The number of rotatable bonds is 3. The molecule has 0 aliphatic heterocycles. The van der Waals surface area contributed by atoms with Crippen molar-refractivity contribution in [2.75, 3.05) is 11.9 Å². The van der Waals surface area contributed by atoms with E-state index in [1.165, 1.54) is 31.4 Å². The largest absolute Gasteiger partial charge is 0.383 e. The van der Waals surface area contributed by atoms with E-state index in [0.717, 1.165) is 24.1 Å². The highest BCUT2D eigenvalue weighted by atomic mass is 14.9. The predicted molar refractivity (Wildman–Crippen MR) is 68.6 cm³/mol. The van der Waals surface area contributed by atoms with Crippen LogP contribution in [0.15, 0.2) is 18.3 Å². The minimum absolute atomic E-state index is 0.850. The Bertz CT molecular complexity index is 335. The number of nitrogens with one attached hydrogen (secondary N) is 1. The molecule has 1 fully saturated rings. The lowest BCUT2D eigenvalue weighted by Gasteiger charge is -2.27. The molecule has 88 valence electrons. The second-order valence-corrected chi connectivity index (χ2v) is 5.16. The highest BCUT2D eigenvalue weighted by Gasteiger charge is 2.18. The molecule has 0 saturated heterocycles. The summed E-state index contributed by atoms with van der Waals surface area (Å²) in [6, 6.07) is 4.12. The third kappa shape index (κ3) is 2.97. The quantitative estimate of drug-likeness (QED) is 0.838. The Hall–Kier alpha value is -1.05. The van der Waals surface area contributed by atoms with Crippen molar-refractivity contribution >= 4 is 5.69 Å². The topological polar surface area (TPSA) is 24.9 Å². The van der Waals surface area contributed by atoms with Crippen LogP contribution in [0.5, 0.6) is 0 Å². The van der Waals surface area contributed by atoms with Gasteiger partial charge in [0.2, 0.25) is 0 Å². The molecule has 1 aromatic heterocycles. The average Bonchev–Trinajstić information content (AvgIpc) is 2.28. The summed E-state index contributed by atoms with van der Waals surface area (Å²) in [6.07, 6.45) is 7.44. The summed E-state index contributed by atoms with van der Waals surface area (Å²) in [4.78, 5) is 4.30. The fraction of sp³-hybridized carbons (Fsp3) is 0.643. The molecule has 16 heavy (non-hydrogen) atoms. The molecule has 2 rings (SSSR count). The van der Waals surface area contributed by atoms with Crippen molar-refractivity contribution in [1.82, 2.24) is 4.98 Å². The second-order valence-electron chi connectivity index (χ2n) is 5.16. The minimum atomic E-state index is 0.850. The summed E-state index contributed by atoms with van der Waals surface area (Å²) in [5.74, 6) is 1.76. The first-order valence-electron chi connectivity index (χ1n) is 6.41. The van der Waals surface area contributed by atoms with Gasteiger partial charge in [-0.25, -0.2) is 0 Å². The highest BCUT2D eigenvalue weighted by Crippen LogP contribution is 2.28. The van der Waals surface area contributed by atoms with Crippen LogP contribution in [0.4, 0.5) is 5.69 Å². The first-order chi connectivity index (χ1) is 7.75. The highest BCUT2D eigenvalue weighted by molar-refractivity contribution is 5.46. The van der Waals surface area contributed by atoms with E-state index in [1.54, 1.807) is 0 Å². The lowest BCUT2D eigenvalue weighted by molar-refractivity contribution is 0.293. The molecule has 2 atom stereocenters. The summed E-state index contributed by atoms with van der Waals surface area (Å²) in [5, 5.41) is 3.54. The number of aryl methyl sites for hydroxylation is 1. The zero-order valence-electron chi connectivity index (χ0n) is 10.4. The van der Waals surface area contributed by atoms with Crippen molar-refractivity contribution in [2.45, 2.75) is 39.5 Å². The average molecular weight is 218 g/mol. The lowest BCUT2D eigenvalue weighted by Crippen LogP contribution is -2.21. The maximum absolute atomic E-state index is 4.30. The van der Waals surface area contributed by atoms with Gasteiger partial charge in [0.1, 0.15) is 0 Å². The van der Waals surface area contributed by atoms with Gasteiger partial charge in [-0.2, -0.15) is 0 Å². The monoisotopic (exact) mass is 218 g/mol. The Balaban J connectivity index is 1.85. The zero-order valence-corrected chi connectivity index (χ0v) is 10.4. The van der Waals surface area contributed by atoms with Crippen LogP contribution in [-0.4, -0.2) is 11.5 Å². The van der Waals surface area contributed by atoms with Crippen molar-refractivity contribution in [1.29, 1.82) is 0 Å². The number of aromatic nitrogens is 1. The molecular formula is C14H22N2.